The number of carbonyl (C=O) groups excluding carboxylic acids is 1. The van der Waals surface area contributed by atoms with Crippen molar-refractivity contribution in [3.05, 3.63) is 47.0 Å². The zero-order chi connectivity index (χ0) is 14.7. The van der Waals surface area contributed by atoms with E-state index in [1.807, 2.05) is 19.1 Å². The van der Waals surface area contributed by atoms with Crippen LogP contribution < -0.4 is 10.1 Å². The number of hydrogen-bond acceptors (Lipinski definition) is 4. The van der Waals surface area contributed by atoms with E-state index in [1.165, 1.54) is 0 Å². The fourth-order valence-electron chi connectivity index (χ4n) is 2.15. The number of nitrogens with one attached hydrogen (secondary N) is 1. The molecule has 2 aromatic rings. The molecule has 1 N–H and O–H groups in total. The van der Waals surface area contributed by atoms with Crippen LogP contribution >= 0.6 is 0 Å². The Morgan fingerprint density at radius 1 is 1.10 bits per heavy atom. The highest BCUT2D eigenvalue weighted by Crippen LogP contribution is 2.24. The van der Waals surface area contributed by atoms with E-state index in [9.17, 15) is 4.79 Å². The molecule has 0 aliphatic heterocycles. The van der Waals surface area contributed by atoms with Gasteiger partial charge < -0.3 is 10.1 Å². The predicted octanol–water partition coefficient (Wildman–Crippen LogP) is 2.66. The molecule has 0 aliphatic rings. The fraction of sp³-hybridized carbons (Fsp3) is 0.267. The summed E-state index contributed by atoms with van der Waals surface area (Å²) in [6, 6.07) is 7.26. The van der Waals surface area contributed by atoms with Crippen molar-refractivity contribution in [2.75, 3.05) is 12.4 Å². The standard InChI is InChI=1S/C15H17N3O2/c1-9-14(10(2)17-11(3)16-9)15(19)18-12-7-5-6-8-13(12)20-4/h5-8H,1-4H3,(H,18,19). The molecular weight excluding hydrogens is 254 g/mol. The molecule has 1 aromatic heterocycles. The molecule has 0 unspecified atom stereocenters. The third-order valence-corrected chi connectivity index (χ3v) is 2.96. The lowest BCUT2D eigenvalue weighted by molar-refractivity contribution is 0.102. The highest BCUT2D eigenvalue weighted by Gasteiger charge is 2.16. The Labute approximate surface area is 118 Å². The van der Waals surface area contributed by atoms with E-state index >= 15 is 0 Å². The minimum Gasteiger partial charge on any atom is -0.495 e. The van der Waals surface area contributed by atoms with Crippen LogP contribution in [0.1, 0.15) is 27.6 Å². The molecule has 1 amide bonds. The molecule has 5 nitrogen and oxygen atoms in total. The van der Waals surface area contributed by atoms with Crippen LogP contribution in [0.3, 0.4) is 0 Å². The van der Waals surface area contributed by atoms with Crippen molar-refractivity contribution < 1.29 is 9.53 Å². The summed E-state index contributed by atoms with van der Waals surface area (Å²) in [5.41, 5.74) is 2.46. The average molecular weight is 271 g/mol. The quantitative estimate of drug-likeness (QED) is 0.932. The van der Waals surface area contributed by atoms with E-state index < -0.39 is 0 Å². The lowest BCUT2D eigenvalue weighted by Gasteiger charge is -2.12. The number of benzene rings is 1. The molecule has 0 spiro atoms. The number of para-hydroxylation sites is 2. The lowest BCUT2D eigenvalue weighted by atomic mass is 10.1. The van der Waals surface area contributed by atoms with E-state index in [2.05, 4.69) is 15.3 Å². The van der Waals surface area contributed by atoms with Gasteiger partial charge in [-0.1, -0.05) is 12.1 Å². The van der Waals surface area contributed by atoms with E-state index in [0.29, 0.717) is 34.2 Å². The normalized spacial score (nSPS) is 10.2. The van der Waals surface area contributed by atoms with Gasteiger partial charge in [0, 0.05) is 0 Å². The van der Waals surface area contributed by atoms with E-state index in [-0.39, 0.29) is 5.91 Å². The molecule has 0 radical (unpaired) electrons. The molecule has 0 atom stereocenters. The molecule has 0 bridgehead atoms. The van der Waals surface area contributed by atoms with Crippen LogP contribution in [0.15, 0.2) is 24.3 Å². The minimum absolute atomic E-state index is 0.232. The summed E-state index contributed by atoms with van der Waals surface area (Å²) in [6.45, 7) is 5.42. The van der Waals surface area contributed by atoms with Gasteiger partial charge in [0.2, 0.25) is 0 Å². The van der Waals surface area contributed by atoms with Gasteiger partial charge >= 0.3 is 0 Å². The summed E-state index contributed by atoms with van der Waals surface area (Å²) >= 11 is 0. The zero-order valence-electron chi connectivity index (χ0n) is 12.0. The SMILES string of the molecule is COc1ccccc1NC(=O)c1c(C)nc(C)nc1C. The molecule has 5 heteroatoms. The number of methoxy groups -OCH3 is 1. The van der Waals surface area contributed by atoms with Crippen LogP contribution in [0.25, 0.3) is 0 Å². The highest BCUT2D eigenvalue weighted by atomic mass is 16.5. The second-order valence-corrected chi connectivity index (χ2v) is 4.47. The number of amides is 1. The van der Waals surface area contributed by atoms with Crippen LogP contribution in [-0.4, -0.2) is 23.0 Å². The Bertz CT molecular complexity index is 630. The molecular formula is C15H17N3O2. The third-order valence-electron chi connectivity index (χ3n) is 2.96. The number of ether oxygens (including phenoxy) is 1. The van der Waals surface area contributed by atoms with Gasteiger partial charge in [0.25, 0.3) is 5.91 Å². The Balaban J connectivity index is 2.34. The maximum atomic E-state index is 12.4. The monoisotopic (exact) mass is 271 g/mol. The highest BCUT2D eigenvalue weighted by molar-refractivity contribution is 6.06. The first kappa shape index (κ1) is 14.0. The summed E-state index contributed by atoms with van der Waals surface area (Å²) in [5.74, 6) is 1.04. The number of aryl methyl sites for hydroxylation is 3. The van der Waals surface area contributed by atoms with Gasteiger partial charge in [-0.3, -0.25) is 4.79 Å². The van der Waals surface area contributed by atoms with Crippen LogP contribution in [0.5, 0.6) is 5.75 Å². The Kier molecular flexibility index (Phi) is 3.98. The van der Waals surface area contributed by atoms with Gasteiger partial charge in [-0.2, -0.15) is 0 Å². The number of carbonyl (C=O) groups is 1. The number of hydrogen-bond donors (Lipinski definition) is 1. The molecule has 0 fully saturated rings. The van der Waals surface area contributed by atoms with Crippen LogP contribution in [-0.2, 0) is 0 Å². The van der Waals surface area contributed by atoms with E-state index in [0.717, 1.165) is 0 Å². The van der Waals surface area contributed by atoms with Crippen LogP contribution in [0, 0.1) is 20.8 Å². The van der Waals surface area contributed by atoms with Crippen molar-refractivity contribution in [3.63, 3.8) is 0 Å². The van der Waals surface area contributed by atoms with Crippen molar-refractivity contribution in [1.29, 1.82) is 0 Å². The summed E-state index contributed by atoms with van der Waals surface area (Å²) in [6.07, 6.45) is 0. The predicted molar refractivity (Wildman–Crippen MR) is 77.2 cm³/mol. The van der Waals surface area contributed by atoms with Crippen molar-refractivity contribution in [2.45, 2.75) is 20.8 Å². The second-order valence-electron chi connectivity index (χ2n) is 4.47. The van der Waals surface area contributed by atoms with E-state index in [4.69, 9.17) is 4.74 Å². The number of rotatable bonds is 3. The Morgan fingerprint density at radius 3 is 2.30 bits per heavy atom. The average Bonchev–Trinajstić information content (AvgIpc) is 2.38. The van der Waals surface area contributed by atoms with Crippen molar-refractivity contribution in [2.24, 2.45) is 0 Å². The smallest absolute Gasteiger partial charge is 0.259 e. The maximum Gasteiger partial charge on any atom is 0.259 e. The largest absolute Gasteiger partial charge is 0.495 e. The molecule has 104 valence electrons. The molecule has 1 heterocycles. The molecule has 0 saturated heterocycles. The first-order valence-corrected chi connectivity index (χ1v) is 6.29. The first-order valence-electron chi connectivity index (χ1n) is 6.29. The van der Waals surface area contributed by atoms with Crippen molar-refractivity contribution >= 4 is 11.6 Å². The summed E-state index contributed by atoms with van der Waals surface area (Å²) < 4.78 is 5.22. The van der Waals surface area contributed by atoms with Gasteiger partial charge in [-0.15, -0.1) is 0 Å². The van der Waals surface area contributed by atoms with Crippen molar-refractivity contribution in [3.8, 4) is 5.75 Å². The zero-order valence-corrected chi connectivity index (χ0v) is 12.0. The molecule has 2 rings (SSSR count). The van der Waals surface area contributed by atoms with Crippen LogP contribution in [0.4, 0.5) is 5.69 Å². The number of anilines is 1. The number of aromatic nitrogens is 2. The fourth-order valence-corrected chi connectivity index (χ4v) is 2.15. The minimum atomic E-state index is -0.232. The van der Waals surface area contributed by atoms with Gasteiger partial charge in [-0.05, 0) is 32.9 Å². The van der Waals surface area contributed by atoms with Crippen LogP contribution in [0.2, 0.25) is 0 Å². The molecule has 0 aliphatic carbocycles. The van der Waals surface area contributed by atoms with E-state index in [1.54, 1.807) is 33.1 Å². The summed E-state index contributed by atoms with van der Waals surface area (Å²) in [7, 11) is 1.57. The Hall–Kier alpha value is -2.43. The van der Waals surface area contributed by atoms with Gasteiger partial charge in [0.1, 0.15) is 11.6 Å². The van der Waals surface area contributed by atoms with Gasteiger partial charge in [0.05, 0.1) is 29.7 Å². The Morgan fingerprint density at radius 2 is 1.70 bits per heavy atom. The van der Waals surface area contributed by atoms with Gasteiger partial charge in [0.15, 0.2) is 0 Å². The maximum absolute atomic E-state index is 12.4. The summed E-state index contributed by atoms with van der Waals surface area (Å²) in [5, 5.41) is 2.83. The lowest BCUT2D eigenvalue weighted by Crippen LogP contribution is -2.17. The van der Waals surface area contributed by atoms with Gasteiger partial charge in [-0.25, -0.2) is 9.97 Å². The third kappa shape index (κ3) is 2.77. The number of nitrogens with zero attached hydrogens (tertiary/aromatic N) is 2. The summed E-state index contributed by atoms with van der Waals surface area (Å²) in [4.78, 5) is 20.9. The first-order chi connectivity index (χ1) is 9.52. The van der Waals surface area contributed by atoms with Crippen molar-refractivity contribution in [1.82, 2.24) is 9.97 Å². The molecule has 0 saturated carbocycles. The molecule has 20 heavy (non-hydrogen) atoms. The topological polar surface area (TPSA) is 64.1 Å². The molecule has 1 aromatic carbocycles. The second kappa shape index (κ2) is 5.69.